The predicted molar refractivity (Wildman–Crippen MR) is 132 cm³/mol. The molecule has 2 saturated heterocycles. The Morgan fingerprint density at radius 2 is 1.92 bits per heavy atom. The molecule has 2 aromatic carbocycles. The van der Waals surface area contributed by atoms with Gasteiger partial charge in [0.25, 0.3) is 17.4 Å². The highest BCUT2D eigenvalue weighted by Crippen LogP contribution is 2.41. The van der Waals surface area contributed by atoms with Gasteiger partial charge in [0, 0.05) is 43.9 Å². The molecule has 36 heavy (non-hydrogen) atoms. The molecule has 2 fully saturated rings. The van der Waals surface area contributed by atoms with Crippen molar-refractivity contribution in [3.05, 3.63) is 74.8 Å². The summed E-state index contributed by atoms with van der Waals surface area (Å²) in [6.07, 6.45) is 0.597. The summed E-state index contributed by atoms with van der Waals surface area (Å²) < 4.78 is 10.6. The van der Waals surface area contributed by atoms with E-state index in [2.05, 4.69) is 4.90 Å². The van der Waals surface area contributed by atoms with E-state index in [1.165, 1.54) is 30.2 Å². The van der Waals surface area contributed by atoms with Gasteiger partial charge in [0.1, 0.15) is 11.5 Å². The summed E-state index contributed by atoms with van der Waals surface area (Å²) in [6.45, 7) is 5.63. The van der Waals surface area contributed by atoms with Crippen molar-refractivity contribution in [2.24, 2.45) is 0 Å². The second-order valence-corrected chi connectivity index (χ2v) is 8.83. The highest BCUT2D eigenvalue weighted by molar-refractivity contribution is 6.46. The lowest BCUT2D eigenvalue weighted by Crippen LogP contribution is -2.39. The van der Waals surface area contributed by atoms with Crippen molar-refractivity contribution < 1.29 is 29.1 Å². The molecule has 0 aliphatic carbocycles. The number of ketones is 1. The lowest BCUT2D eigenvalue weighted by Gasteiger charge is -2.29. The van der Waals surface area contributed by atoms with Crippen LogP contribution in [-0.2, 0) is 14.3 Å². The Labute approximate surface area is 208 Å². The molecule has 0 bridgehead atoms. The van der Waals surface area contributed by atoms with Crippen LogP contribution >= 0.6 is 0 Å². The van der Waals surface area contributed by atoms with Gasteiger partial charge in [0.2, 0.25) is 0 Å². The number of aryl methyl sites for hydroxylation is 1. The monoisotopic (exact) mass is 495 g/mol. The number of carbonyl (C=O) groups excluding carboxylic acids is 2. The summed E-state index contributed by atoms with van der Waals surface area (Å²) in [5.74, 6) is -1.28. The number of nitro groups is 1. The lowest BCUT2D eigenvalue weighted by atomic mass is 9.93. The molecule has 10 heteroatoms. The van der Waals surface area contributed by atoms with Gasteiger partial charge in [0.15, 0.2) is 0 Å². The zero-order chi connectivity index (χ0) is 25.8. The number of morpholine rings is 1. The molecule has 2 aromatic rings. The van der Waals surface area contributed by atoms with Gasteiger partial charge in [0.05, 0.1) is 36.9 Å². The van der Waals surface area contributed by atoms with Gasteiger partial charge >= 0.3 is 0 Å². The zero-order valence-corrected chi connectivity index (χ0v) is 20.3. The summed E-state index contributed by atoms with van der Waals surface area (Å²) in [7, 11) is 1.53. The van der Waals surface area contributed by atoms with Crippen LogP contribution in [0.2, 0.25) is 0 Å². The number of nitro benzene ring substituents is 1. The fourth-order valence-electron chi connectivity index (χ4n) is 4.73. The van der Waals surface area contributed by atoms with E-state index in [9.17, 15) is 24.8 Å². The van der Waals surface area contributed by atoms with Gasteiger partial charge in [-0.05, 0) is 42.7 Å². The molecular weight excluding hydrogens is 466 g/mol. The lowest BCUT2D eigenvalue weighted by molar-refractivity contribution is -0.384. The SMILES string of the molecule is COc1ccc(/C(O)=C2\C(=O)C(=O)N(CCCN3CCOCC3)[C@@H]2c2cccc([N+](=O)[O-])c2)c(C)c1. The van der Waals surface area contributed by atoms with Crippen LogP contribution in [0.3, 0.4) is 0 Å². The molecule has 1 N–H and O–H groups in total. The minimum atomic E-state index is -0.948. The van der Waals surface area contributed by atoms with E-state index in [1.54, 1.807) is 31.2 Å². The summed E-state index contributed by atoms with van der Waals surface area (Å²) in [5.41, 5.74) is 1.19. The van der Waals surface area contributed by atoms with Gasteiger partial charge < -0.3 is 19.5 Å². The van der Waals surface area contributed by atoms with E-state index in [1.807, 2.05) is 0 Å². The average Bonchev–Trinajstić information content (AvgIpc) is 3.14. The summed E-state index contributed by atoms with van der Waals surface area (Å²) in [4.78, 5) is 40.9. The number of carbonyl (C=O) groups is 2. The number of hydrogen-bond donors (Lipinski definition) is 1. The number of amides is 1. The highest BCUT2D eigenvalue weighted by Gasteiger charge is 2.46. The minimum absolute atomic E-state index is 0.0832. The number of rotatable bonds is 8. The van der Waals surface area contributed by atoms with Gasteiger partial charge in [-0.15, -0.1) is 0 Å². The number of non-ortho nitro benzene ring substituents is 1. The molecule has 0 saturated carbocycles. The number of hydrogen-bond acceptors (Lipinski definition) is 8. The van der Waals surface area contributed by atoms with Crippen LogP contribution in [0.1, 0.15) is 29.2 Å². The van der Waals surface area contributed by atoms with E-state index in [0.29, 0.717) is 48.6 Å². The molecule has 0 radical (unpaired) electrons. The molecule has 1 amide bonds. The average molecular weight is 496 g/mol. The molecule has 2 aliphatic heterocycles. The molecule has 0 aromatic heterocycles. The normalized spacial score (nSPS) is 20.1. The van der Waals surface area contributed by atoms with Crippen LogP contribution in [-0.4, -0.2) is 78.0 Å². The third-order valence-corrected chi connectivity index (χ3v) is 6.60. The summed E-state index contributed by atoms with van der Waals surface area (Å²) in [5, 5.41) is 22.7. The van der Waals surface area contributed by atoms with Crippen molar-refractivity contribution in [2.75, 3.05) is 46.5 Å². The second-order valence-electron chi connectivity index (χ2n) is 8.83. The first-order chi connectivity index (χ1) is 17.3. The fraction of sp³-hybridized carbons (Fsp3) is 0.385. The molecule has 10 nitrogen and oxygen atoms in total. The van der Waals surface area contributed by atoms with Gasteiger partial charge in [-0.1, -0.05) is 12.1 Å². The Kier molecular flexibility index (Phi) is 7.66. The number of aliphatic hydroxyl groups excluding tert-OH is 1. The first-order valence-corrected chi connectivity index (χ1v) is 11.8. The molecule has 2 heterocycles. The van der Waals surface area contributed by atoms with Crippen LogP contribution in [0.5, 0.6) is 5.75 Å². The number of benzene rings is 2. The number of methoxy groups -OCH3 is 1. The van der Waals surface area contributed by atoms with Crippen LogP contribution in [0, 0.1) is 17.0 Å². The topological polar surface area (TPSA) is 122 Å². The largest absolute Gasteiger partial charge is 0.507 e. The maximum absolute atomic E-state index is 13.2. The number of likely N-dealkylation sites (tertiary alicyclic amines) is 1. The van der Waals surface area contributed by atoms with E-state index in [-0.39, 0.29) is 23.6 Å². The van der Waals surface area contributed by atoms with Crippen molar-refractivity contribution in [1.82, 2.24) is 9.80 Å². The van der Waals surface area contributed by atoms with Crippen molar-refractivity contribution in [2.45, 2.75) is 19.4 Å². The number of nitrogens with zero attached hydrogens (tertiary/aromatic N) is 3. The zero-order valence-electron chi connectivity index (χ0n) is 20.3. The molecular formula is C26H29N3O7. The molecule has 0 spiro atoms. The molecule has 190 valence electrons. The van der Waals surface area contributed by atoms with Crippen molar-refractivity contribution in [3.63, 3.8) is 0 Å². The minimum Gasteiger partial charge on any atom is -0.507 e. The van der Waals surface area contributed by atoms with Gasteiger partial charge in [-0.2, -0.15) is 0 Å². The van der Waals surface area contributed by atoms with Crippen LogP contribution in [0.4, 0.5) is 5.69 Å². The second kappa shape index (κ2) is 10.9. The van der Waals surface area contributed by atoms with E-state index >= 15 is 0 Å². The molecule has 0 unspecified atom stereocenters. The third kappa shape index (κ3) is 5.09. The van der Waals surface area contributed by atoms with Crippen molar-refractivity contribution in [3.8, 4) is 5.75 Å². The Morgan fingerprint density at radius 1 is 1.17 bits per heavy atom. The van der Waals surface area contributed by atoms with Crippen LogP contribution in [0.15, 0.2) is 48.0 Å². The number of ether oxygens (including phenoxy) is 2. The fourth-order valence-corrected chi connectivity index (χ4v) is 4.73. The maximum atomic E-state index is 13.2. The van der Waals surface area contributed by atoms with E-state index in [4.69, 9.17) is 9.47 Å². The Bertz CT molecular complexity index is 1200. The van der Waals surface area contributed by atoms with Gasteiger partial charge in [-0.25, -0.2) is 0 Å². The number of aliphatic hydroxyl groups is 1. The first-order valence-electron chi connectivity index (χ1n) is 11.8. The smallest absolute Gasteiger partial charge is 0.295 e. The molecule has 4 rings (SSSR count). The van der Waals surface area contributed by atoms with Crippen molar-refractivity contribution >= 4 is 23.1 Å². The Balaban J connectivity index is 1.74. The Morgan fingerprint density at radius 3 is 2.58 bits per heavy atom. The standard InChI is InChI=1S/C26H29N3O7/c1-17-15-20(35-2)7-8-21(17)24(30)22-23(18-5-3-6-19(16-18)29(33)34)28(26(32)25(22)31)10-4-9-27-11-13-36-14-12-27/h3,5-8,15-16,23,30H,4,9-14H2,1-2H3/b24-22+/t23-/m1/s1. The summed E-state index contributed by atoms with van der Waals surface area (Å²) >= 11 is 0. The third-order valence-electron chi connectivity index (χ3n) is 6.60. The summed E-state index contributed by atoms with van der Waals surface area (Å²) in [6, 6.07) is 9.89. The van der Waals surface area contributed by atoms with E-state index < -0.39 is 22.7 Å². The maximum Gasteiger partial charge on any atom is 0.295 e. The highest BCUT2D eigenvalue weighted by atomic mass is 16.6. The quantitative estimate of drug-likeness (QED) is 0.195. The van der Waals surface area contributed by atoms with Gasteiger partial charge in [-0.3, -0.25) is 24.6 Å². The van der Waals surface area contributed by atoms with Crippen molar-refractivity contribution in [1.29, 1.82) is 0 Å². The molecule has 2 aliphatic rings. The van der Waals surface area contributed by atoms with E-state index in [0.717, 1.165) is 13.1 Å². The van der Waals surface area contributed by atoms with Crippen LogP contribution < -0.4 is 4.74 Å². The predicted octanol–water partition coefficient (Wildman–Crippen LogP) is 3.06. The number of Topliss-reactive ketones (excluding diaryl/α,β-unsaturated/α-hetero) is 1. The van der Waals surface area contributed by atoms with Crippen LogP contribution in [0.25, 0.3) is 5.76 Å². The first kappa shape index (κ1) is 25.3. The molecule has 1 atom stereocenters. The Hall–Kier alpha value is -3.76.